The molecular formula is C28H33F3N4O5S. The standard InChI is InChI=1S/C28H33F3N4O5S/c1-34-10-4-19-16-21(18-24(25(19)34)40-14-9-28(29,30)31)32-26(37)22-3-2-20(33-41(38,39)15-13-36)17-23(22)35-11-7-27(5-6-27)8-12-35/h2-4,10,16-18,33,36H,5-9,11-15H2,1H3,(H,32,37). The van der Waals surface area contributed by atoms with Crippen LogP contribution in [0.5, 0.6) is 5.75 Å². The highest BCUT2D eigenvalue weighted by Gasteiger charge is 2.44. The van der Waals surface area contributed by atoms with Gasteiger partial charge in [-0.25, -0.2) is 8.42 Å². The van der Waals surface area contributed by atoms with E-state index >= 15 is 0 Å². The topological polar surface area (TPSA) is 113 Å². The third kappa shape index (κ3) is 6.89. The van der Waals surface area contributed by atoms with Crippen molar-refractivity contribution in [1.29, 1.82) is 0 Å². The Kier molecular flexibility index (Phi) is 7.86. The quantitative estimate of drug-likeness (QED) is 0.309. The monoisotopic (exact) mass is 594 g/mol. The third-order valence-corrected chi connectivity index (χ3v) is 9.10. The molecule has 1 amide bonds. The molecule has 9 nitrogen and oxygen atoms in total. The van der Waals surface area contributed by atoms with Crippen molar-refractivity contribution in [3.05, 3.63) is 48.2 Å². The lowest BCUT2D eigenvalue weighted by Crippen LogP contribution is -2.35. The molecule has 2 aliphatic rings. The molecule has 0 atom stereocenters. The first kappa shape index (κ1) is 29.1. The van der Waals surface area contributed by atoms with Crippen LogP contribution < -0.4 is 19.7 Å². The van der Waals surface area contributed by atoms with E-state index in [0.29, 0.717) is 33.3 Å². The molecule has 3 aromatic rings. The van der Waals surface area contributed by atoms with Crippen molar-refractivity contribution >= 4 is 43.9 Å². The predicted octanol–water partition coefficient (Wildman–Crippen LogP) is 4.88. The normalized spacial score (nSPS) is 16.7. The van der Waals surface area contributed by atoms with Crippen molar-refractivity contribution in [1.82, 2.24) is 4.57 Å². The van der Waals surface area contributed by atoms with Gasteiger partial charge in [0, 0.05) is 43.5 Å². The number of halogens is 3. The van der Waals surface area contributed by atoms with Crippen molar-refractivity contribution in [3.63, 3.8) is 0 Å². The van der Waals surface area contributed by atoms with E-state index in [2.05, 4.69) is 14.9 Å². The number of carbonyl (C=O) groups excluding carboxylic acids is 1. The van der Waals surface area contributed by atoms with Crippen molar-refractivity contribution in [2.24, 2.45) is 12.5 Å². The van der Waals surface area contributed by atoms with Crippen LogP contribution in [-0.4, -0.2) is 62.2 Å². The average Bonchev–Trinajstić information content (AvgIpc) is 3.54. The number of alkyl halides is 3. The molecule has 1 spiro atoms. The number of sulfonamides is 1. The van der Waals surface area contributed by atoms with E-state index in [1.165, 1.54) is 25.0 Å². The number of aliphatic hydroxyl groups is 1. The van der Waals surface area contributed by atoms with Crippen molar-refractivity contribution < 1.29 is 36.2 Å². The molecule has 5 rings (SSSR count). The van der Waals surface area contributed by atoms with Gasteiger partial charge >= 0.3 is 6.18 Å². The first-order valence-electron chi connectivity index (χ1n) is 13.5. The van der Waals surface area contributed by atoms with Crippen LogP contribution in [0.4, 0.5) is 30.2 Å². The zero-order chi connectivity index (χ0) is 29.4. The number of nitrogens with one attached hydrogen (secondary N) is 2. The summed E-state index contributed by atoms with van der Waals surface area (Å²) in [6.07, 6.45) is 0.654. The van der Waals surface area contributed by atoms with Crippen molar-refractivity contribution in [3.8, 4) is 5.75 Å². The Labute approximate surface area is 236 Å². The fraction of sp³-hybridized carbons (Fsp3) is 0.464. The summed E-state index contributed by atoms with van der Waals surface area (Å²) in [7, 11) is -2.01. The van der Waals surface area contributed by atoms with Crippen LogP contribution in [0.15, 0.2) is 42.6 Å². The van der Waals surface area contributed by atoms with E-state index in [1.54, 1.807) is 42.1 Å². The number of aryl methyl sites for hydroxylation is 1. The van der Waals surface area contributed by atoms with E-state index < -0.39 is 47.5 Å². The Morgan fingerprint density at radius 3 is 2.46 bits per heavy atom. The lowest BCUT2D eigenvalue weighted by molar-refractivity contribution is -0.139. The minimum Gasteiger partial charge on any atom is -0.491 e. The van der Waals surface area contributed by atoms with Crippen LogP contribution in [0, 0.1) is 5.41 Å². The largest absolute Gasteiger partial charge is 0.491 e. The number of carbonyl (C=O) groups is 1. The maximum Gasteiger partial charge on any atom is 0.392 e. The van der Waals surface area contributed by atoms with Crippen LogP contribution >= 0.6 is 0 Å². The molecule has 222 valence electrons. The molecule has 1 aromatic heterocycles. The highest BCUT2D eigenvalue weighted by atomic mass is 32.2. The molecule has 0 radical (unpaired) electrons. The highest BCUT2D eigenvalue weighted by molar-refractivity contribution is 7.92. The molecule has 1 saturated heterocycles. The van der Waals surface area contributed by atoms with Gasteiger partial charge in [0.05, 0.1) is 47.8 Å². The summed E-state index contributed by atoms with van der Waals surface area (Å²) in [5.41, 5.74) is 2.52. The zero-order valence-corrected chi connectivity index (χ0v) is 23.4. The number of nitrogens with zero attached hydrogens (tertiary/aromatic N) is 2. The first-order chi connectivity index (χ1) is 19.4. The van der Waals surface area contributed by atoms with Gasteiger partial charge in [-0.3, -0.25) is 9.52 Å². The summed E-state index contributed by atoms with van der Waals surface area (Å²) >= 11 is 0. The van der Waals surface area contributed by atoms with E-state index in [1.807, 2.05) is 0 Å². The number of rotatable bonds is 10. The summed E-state index contributed by atoms with van der Waals surface area (Å²) in [6, 6.07) is 9.67. The van der Waals surface area contributed by atoms with E-state index in [9.17, 15) is 26.4 Å². The van der Waals surface area contributed by atoms with Gasteiger partial charge in [0.25, 0.3) is 5.91 Å². The maximum atomic E-state index is 13.6. The number of piperidine rings is 1. The Bertz CT molecular complexity index is 1540. The van der Waals surface area contributed by atoms with E-state index in [0.717, 1.165) is 25.9 Å². The fourth-order valence-corrected chi connectivity index (χ4v) is 6.18. The van der Waals surface area contributed by atoms with Gasteiger partial charge in [-0.1, -0.05) is 0 Å². The second-order valence-electron chi connectivity index (χ2n) is 10.9. The zero-order valence-electron chi connectivity index (χ0n) is 22.6. The lowest BCUT2D eigenvalue weighted by atomic mass is 9.93. The van der Waals surface area contributed by atoms with Crippen molar-refractivity contribution in [2.45, 2.75) is 38.3 Å². The van der Waals surface area contributed by atoms with Crippen LogP contribution in [0.3, 0.4) is 0 Å². The molecule has 41 heavy (non-hydrogen) atoms. The first-order valence-corrected chi connectivity index (χ1v) is 15.1. The summed E-state index contributed by atoms with van der Waals surface area (Å²) in [5.74, 6) is -0.686. The Morgan fingerprint density at radius 2 is 1.80 bits per heavy atom. The predicted molar refractivity (Wildman–Crippen MR) is 151 cm³/mol. The van der Waals surface area contributed by atoms with Crippen LogP contribution in [0.1, 0.15) is 42.5 Å². The third-order valence-electron chi connectivity index (χ3n) is 7.83. The van der Waals surface area contributed by atoms with Crippen molar-refractivity contribution in [2.75, 3.05) is 47.0 Å². The molecule has 3 N–H and O–H groups in total. The number of hydrogen-bond acceptors (Lipinski definition) is 6. The van der Waals surface area contributed by atoms with Crippen LogP contribution in [0.25, 0.3) is 10.9 Å². The molecular weight excluding hydrogens is 561 g/mol. The smallest absolute Gasteiger partial charge is 0.392 e. The number of anilines is 3. The van der Waals surface area contributed by atoms with Gasteiger partial charge in [-0.15, -0.1) is 0 Å². The molecule has 2 heterocycles. The van der Waals surface area contributed by atoms with Gasteiger partial charge in [-0.2, -0.15) is 13.2 Å². The number of ether oxygens (including phenoxy) is 1. The molecule has 0 unspecified atom stereocenters. The van der Waals surface area contributed by atoms with E-state index in [-0.39, 0.29) is 11.4 Å². The highest BCUT2D eigenvalue weighted by Crippen LogP contribution is 2.54. The number of benzene rings is 2. The number of amides is 1. The minimum atomic E-state index is -4.36. The SMILES string of the molecule is Cn1ccc2cc(NC(=O)c3ccc(NS(=O)(=O)CCO)cc3N3CCC4(CC3)CC4)cc(OCCC(F)(F)F)c21. The number of hydrogen-bond donors (Lipinski definition) is 3. The Hall–Kier alpha value is -3.45. The molecule has 1 aliphatic carbocycles. The average molecular weight is 595 g/mol. The Balaban J connectivity index is 1.42. The van der Waals surface area contributed by atoms with Gasteiger partial charge in [0.2, 0.25) is 10.0 Å². The summed E-state index contributed by atoms with van der Waals surface area (Å²) in [4.78, 5) is 15.7. The maximum absolute atomic E-state index is 13.6. The second kappa shape index (κ2) is 11.1. The minimum absolute atomic E-state index is 0.217. The summed E-state index contributed by atoms with van der Waals surface area (Å²) in [5, 5.41) is 12.6. The van der Waals surface area contributed by atoms with Gasteiger partial charge < -0.3 is 24.6 Å². The van der Waals surface area contributed by atoms with Gasteiger partial charge in [0.1, 0.15) is 5.75 Å². The van der Waals surface area contributed by atoms with Gasteiger partial charge in [-0.05, 0) is 61.4 Å². The number of aromatic nitrogens is 1. The van der Waals surface area contributed by atoms with Gasteiger partial charge in [0.15, 0.2) is 0 Å². The Morgan fingerprint density at radius 1 is 1.07 bits per heavy atom. The van der Waals surface area contributed by atoms with E-state index in [4.69, 9.17) is 9.84 Å². The lowest BCUT2D eigenvalue weighted by Gasteiger charge is -2.35. The fourth-order valence-electron chi connectivity index (χ4n) is 5.36. The molecule has 0 bridgehead atoms. The molecule has 13 heteroatoms. The van der Waals surface area contributed by atoms with Crippen LogP contribution in [0.2, 0.25) is 0 Å². The van der Waals surface area contributed by atoms with Crippen LogP contribution in [-0.2, 0) is 17.1 Å². The number of aliphatic hydroxyl groups excluding tert-OH is 1. The molecule has 2 fully saturated rings. The number of fused-ring (bicyclic) bond motifs is 1. The molecule has 2 aromatic carbocycles. The molecule has 1 aliphatic heterocycles. The second-order valence-corrected chi connectivity index (χ2v) is 12.7. The summed E-state index contributed by atoms with van der Waals surface area (Å²) in [6.45, 7) is 0.362. The molecule has 1 saturated carbocycles. The summed E-state index contributed by atoms with van der Waals surface area (Å²) < 4.78 is 72.4.